The summed E-state index contributed by atoms with van der Waals surface area (Å²) in [6.07, 6.45) is 0.783. The van der Waals surface area contributed by atoms with E-state index < -0.39 is 7.12 Å². The first-order chi connectivity index (χ1) is 8.47. The maximum atomic E-state index is 10.8. The Hall–Kier alpha value is -1.33. The van der Waals surface area contributed by atoms with Crippen LogP contribution in [0.15, 0.2) is 18.2 Å². The summed E-state index contributed by atoms with van der Waals surface area (Å²) >= 11 is 0. The lowest BCUT2D eigenvalue weighted by Gasteiger charge is -2.21. The number of hydrogen-bond donors (Lipinski definition) is 0. The third-order valence-electron chi connectivity index (χ3n) is 3.37. The highest BCUT2D eigenvalue weighted by atomic mass is 16.7. The molecule has 1 heterocycles. The molecule has 0 aromatic heterocycles. The van der Waals surface area contributed by atoms with Gasteiger partial charge in [0.05, 0.1) is 24.4 Å². The van der Waals surface area contributed by atoms with Crippen molar-refractivity contribution < 1.29 is 18.8 Å². The van der Waals surface area contributed by atoms with Crippen LogP contribution in [-0.2, 0) is 9.31 Å². The summed E-state index contributed by atoms with van der Waals surface area (Å²) < 4.78 is 16.8. The van der Waals surface area contributed by atoms with E-state index in [-0.39, 0.29) is 11.7 Å². The lowest BCUT2D eigenvalue weighted by atomic mass is 9.78. The van der Waals surface area contributed by atoms with Crippen molar-refractivity contribution in [2.75, 3.05) is 7.11 Å². The SMILES string of the molecule is COc1cc(B2OC(C)C(C)(C)O2)ccc1C=O. The summed E-state index contributed by atoms with van der Waals surface area (Å²) in [6, 6.07) is 5.32. The molecule has 1 aromatic carbocycles. The van der Waals surface area contributed by atoms with Gasteiger partial charge >= 0.3 is 7.12 Å². The van der Waals surface area contributed by atoms with Gasteiger partial charge in [-0.3, -0.25) is 4.79 Å². The molecule has 1 aromatic rings. The first kappa shape index (κ1) is 13.1. The van der Waals surface area contributed by atoms with Crippen LogP contribution in [0.25, 0.3) is 0 Å². The molecule has 0 N–H and O–H groups in total. The van der Waals surface area contributed by atoms with E-state index >= 15 is 0 Å². The van der Waals surface area contributed by atoms with Gasteiger partial charge in [-0.25, -0.2) is 0 Å². The van der Waals surface area contributed by atoms with E-state index in [1.807, 2.05) is 26.8 Å². The van der Waals surface area contributed by atoms with Crippen LogP contribution in [0.5, 0.6) is 5.75 Å². The third-order valence-corrected chi connectivity index (χ3v) is 3.37. The fourth-order valence-electron chi connectivity index (χ4n) is 1.87. The summed E-state index contributed by atoms with van der Waals surface area (Å²) in [5.74, 6) is 0.534. The van der Waals surface area contributed by atoms with Gasteiger partial charge in [-0.1, -0.05) is 6.07 Å². The highest BCUT2D eigenvalue weighted by molar-refractivity contribution is 6.62. The number of carbonyl (C=O) groups excluding carboxylic acids is 1. The van der Waals surface area contributed by atoms with Crippen molar-refractivity contribution in [1.29, 1.82) is 0 Å². The summed E-state index contributed by atoms with van der Waals surface area (Å²) in [7, 11) is 1.12. The number of carbonyl (C=O) groups is 1. The Labute approximate surface area is 107 Å². The Bertz CT molecular complexity index is 458. The zero-order chi connectivity index (χ0) is 13.3. The highest BCUT2D eigenvalue weighted by Gasteiger charge is 2.43. The molecule has 1 saturated heterocycles. The lowest BCUT2D eigenvalue weighted by Crippen LogP contribution is -2.34. The minimum Gasteiger partial charge on any atom is -0.496 e. The average molecular weight is 248 g/mol. The van der Waals surface area contributed by atoms with E-state index in [1.54, 1.807) is 12.1 Å². The van der Waals surface area contributed by atoms with Crippen LogP contribution in [0.4, 0.5) is 0 Å². The Morgan fingerprint density at radius 3 is 2.67 bits per heavy atom. The highest BCUT2D eigenvalue weighted by Crippen LogP contribution is 2.27. The van der Waals surface area contributed by atoms with Crippen LogP contribution in [0.2, 0.25) is 0 Å². The minimum absolute atomic E-state index is 0.0132. The molecule has 18 heavy (non-hydrogen) atoms. The largest absolute Gasteiger partial charge is 0.496 e. The van der Waals surface area contributed by atoms with E-state index in [0.29, 0.717) is 11.3 Å². The first-order valence-corrected chi connectivity index (χ1v) is 5.94. The van der Waals surface area contributed by atoms with Gasteiger partial charge in [0.25, 0.3) is 0 Å². The zero-order valence-corrected chi connectivity index (χ0v) is 11.1. The van der Waals surface area contributed by atoms with Gasteiger partial charge in [-0.2, -0.15) is 0 Å². The molecule has 2 rings (SSSR count). The average Bonchev–Trinajstić information content (AvgIpc) is 2.63. The second-order valence-electron chi connectivity index (χ2n) is 4.95. The molecule has 0 spiro atoms. The van der Waals surface area contributed by atoms with Crippen LogP contribution in [-0.4, -0.2) is 32.2 Å². The maximum Gasteiger partial charge on any atom is 0.494 e. The molecule has 5 heteroatoms. The smallest absolute Gasteiger partial charge is 0.494 e. The molecule has 1 atom stereocenters. The lowest BCUT2D eigenvalue weighted by molar-refractivity contribution is 0.0842. The number of hydrogen-bond acceptors (Lipinski definition) is 4. The fourth-order valence-corrected chi connectivity index (χ4v) is 1.87. The second-order valence-corrected chi connectivity index (χ2v) is 4.95. The van der Waals surface area contributed by atoms with E-state index in [1.165, 1.54) is 7.11 Å². The maximum absolute atomic E-state index is 10.8. The monoisotopic (exact) mass is 248 g/mol. The molecule has 0 bridgehead atoms. The van der Waals surface area contributed by atoms with Crippen molar-refractivity contribution in [2.45, 2.75) is 32.5 Å². The predicted octanol–water partition coefficient (Wildman–Crippen LogP) is 1.42. The molecule has 4 nitrogen and oxygen atoms in total. The minimum atomic E-state index is -0.412. The van der Waals surface area contributed by atoms with Crippen LogP contribution in [0.1, 0.15) is 31.1 Å². The Kier molecular flexibility index (Phi) is 3.46. The number of benzene rings is 1. The zero-order valence-electron chi connectivity index (χ0n) is 11.1. The Morgan fingerprint density at radius 1 is 1.44 bits per heavy atom. The van der Waals surface area contributed by atoms with E-state index in [2.05, 4.69) is 0 Å². The Balaban J connectivity index is 2.28. The topological polar surface area (TPSA) is 44.8 Å². The molecule has 1 fully saturated rings. The van der Waals surface area contributed by atoms with Gasteiger partial charge in [-0.05, 0) is 38.4 Å². The predicted molar refractivity (Wildman–Crippen MR) is 69.5 cm³/mol. The van der Waals surface area contributed by atoms with E-state index in [9.17, 15) is 4.79 Å². The number of methoxy groups -OCH3 is 1. The van der Waals surface area contributed by atoms with Gasteiger partial charge < -0.3 is 14.0 Å². The van der Waals surface area contributed by atoms with Crippen LogP contribution < -0.4 is 10.2 Å². The van der Waals surface area contributed by atoms with Crippen molar-refractivity contribution in [3.63, 3.8) is 0 Å². The third kappa shape index (κ3) is 2.28. The molecule has 1 unspecified atom stereocenters. The summed E-state index contributed by atoms with van der Waals surface area (Å²) in [5, 5.41) is 0. The number of ether oxygens (including phenoxy) is 1. The molecule has 0 saturated carbocycles. The molecule has 0 amide bonds. The van der Waals surface area contributed by atoms with Gasteiger partial charge in [-0.15, -0.1) is 0 Å². The summed E-state index contributed by atoms with van der Waals surface area (Å²) in [4.78, 5) is 10.8. The first-order valence-electron chi connectivity index (χ1n) is 5.94. The van der Waals surface area contributed by atoms with Crippen LogP contribution >= 0.6 is 0 Å². The number of rotatable bonds is 3. The summed E-state index contributed by atoms with van der Waals surface area (Å²) in [5.41, 5.74) is 1.06. The normalized spacial score (nSPS) is 22.0. The van der Waals surface area contributed by atoms with Crippen molar-refractivity contribution in [3.8, 4) is 5.75 Å². The van der Waals surface area contributed by atoms with Crippen LogP contribution in [0, 0.1) is 0 Å². The van der Waals surface area contributed by atoms with Crippen molar-refractivity contribution in [1.82, 2.24) is 0 Å². The van der Waals surface area contributed by atoms with Crippen molar-refractivity contribution in [3.05, 3.63) is 23.8 Å². The van der Waals surface area contributed by atoms with Gasteiger partial charge in [0.1, 0.15) is 5.75 Å². The standard InChI is InChI=1S/C13H17BO4/c1-9-13(2,3)18-14(17-9)11-6-5-10(8-15)12(7-11)16-4/h5-9H,1-4H3. The second kappa shape index (κ2) is 4.74. The van der Waals surface area contributed by atoms with E-state index in [4.69, 9.17) is 14.0 Å². The molecule has 1 aliphatic rings. The quantitative estimate of drug-likeness (QED) is 0.599. The molecular formula is C13H17BO4. The molecule has 0 aliphatic carbocycles. The van der Waals surface area contributed by atoms with E-state index in [0.717, 1.165) is 11.7 Å². The van der Waals surface area contributed by atoms with Crippen LogP contribution in [0.3, 0.4) is 0 Å². The van der Waals surface area contributed by atoms with Gasteiger partial charge in [0.15, 0.2) is 6.29 Å². The van der Waals surface area contributed by atoms with Crippen molar-refractivity contribution >= 4 is 18.9 Å². The molecular weight excluding hydrogens is 231 g/mol. The van der Waals surface area contributed by atoms with Crippen molar-refractivity contribution in [2.24, 2.45) is 0 Å². The molecule has 96 valence electrons. The Morgan fingerprint density at radius 2 is 2.17 bits per heavy atom. The fraction of sp³-hybridized carbons (Fsp3) is 0.462. The molecule has 0 radical (unpaired) electrons. The molecule has 1 aliphatic heterocycles. The van der Waals surface area contributed by atoms with Gasteiger partial charge in [0, 0.05) is 0 Å². The number of aldehydes is 1. The van der Waals surface area contributed by atoms with Gasteiger partial charge in [0.2, 0.25) is 0 Å². The summed E-state index contributed by atoms with van der Waals surface area (Å²) in [6.45, 7) is 5.97.